The van der Waals surface area contributed by atoms with Crippen LogP contribution in [0.15, 0.2) is 42.5 Å². The fourth-order valence-corrected chi connectivity index (χ4v) is 3.23. The molecular weight excluding hydrogens is 350 g/mol. The second-order valence-electron chi connectivity index (χ2n) is 6.69. The molecule has 0 bridgehead atoms. The van der Waals surface area contributed by atoms with Crippen LogP contribution in [0.3, 0.4) is 0 Å². The van der Waals surface area contributed by atoms with Gasteiger partial charge in [-0.1, -0.05) is 23.7 Å². The fourth-order valence-electron chi connectivity index (χ4n) is 3.11. The molecular formula is C21H22ClNO3. The molecule has 1 saturated carbocycles. The smallest absolute Gasteiger partial charge is 0.225 e. The lowest BCUT2D eigenvalue weighted by atomic mass is 10.0. The Bertz CT molecular complexity index is 813. The zero-order chi connectivity index (χ0) is 18.7. The summed E-state index contributed by atoms with van der Waals surface area (Å²) in [6.45, 7) is 1.51. The number of methoxy groups -OCH3 is 1. The van der Waals surface area contributed by atoms with Gasteiger partial charge in [-0.15, -0.1) is 0 Å². The first kappa shape index (κ1) is 18.5. The second-order valence-corrected chi connectivity index (χ2v) is 7.13. The molecule has 0 unspecified atom stereocenters. The molecule has 1 aliphatic carbocycles. The molecule has 1 amide bonds. The van der Waals surface area contributed by atoms with Crippen molar-refractivity contribution < 1.29 is 14.3 Å². The van der Waals surface area contributed by atoms with E-state index in [0.29, 0.717) is 27.8 Å². The standard InChI is InChI=1S/C21H22ClNO3/c1-13(24)16-7-10-19(26-2)17(11-16)12-20(25)23-21(14-3-4-14)15-5-8-18(22)9-6-15/h5-11,14,21H,3-4,12H2,1-2H3,(H,23,25)/t21-/m1/s1. The molecule has 0 saturated heterocycles. The summed E-state index contributed by atoms with van der Waals surface area (Å²) in [6.07, 6.45) is 2.38. The summed E-state index contributed by atoms with van der Waals surface area (Å²) in [5.74, 6) is 0.951. The van der Waals surface area contributed by atoms with E-state index in [1.807, 2.05) is 24.3 Å². The molecule has 0 radical (unpaired) electrons. The average Bonchev–Trinajstić information content (AvgIpc) is 3.45. The SMILES string of the molecule is COc1ccc(C(C)=O)cc1CC(=O)N[C@@H](c1ccc(Cl)cc1)C1CC1. The summed E-state index contributed by atoms with van der Waals surface area (Å²) in [5.41, 5.74) is 2.35. The molecule has 0 heterocycles. The number of Topliss-reactive ketones (excluding diaryl/α,β-unsaturated/α-hetero) is 1. The summed E-state index contributed by atoms with van der Waals surface area (Å²) in [5, 5.41) is 3.82. The normalized spacial score (nSPS) is 14.6. The number of nitrogens with one attached hydrogen (secondary N) is 1. The monoisotopic (exact) mass is 371 g/mol. The van der Waals surface area contributed by atoms with Crippen LogP contribution in [0.5, 0.6) is 5.75 Å². The Kier molecular flexibility index (Phi) is 5.62. The van der Waals surface area contributed by atoms with E-state index in [4.69, 9.17) is 16.3 Å². The summed E-state index contributed by atoms with van der Waals surface area (Å²) in [6, 6.07) is 12.8. The summed E-state index contributed by atoms with van der Waals surface area (Å²) in [7, 11) is 1.56. The van der Waals surface area contributed by atoms with Crippen molar-refractivity contribution in [2.45, 2.75) is 32.2 Å². The summed E-state index contributed by atoms with van der Waals surface area (Å²) < 4.78 is 5.34. The third-order valence-electron chi connectivity index (χ3n) is 4.68. The first-order valence-corrected chi connectivity index (χ1v) is 9.08. The zero-order valence-electron chi connectivity index (χ0n) is 14.9. The van der Waals surface area contributed by atoms with E-state index in [1.165, 1.54) is 6.92 Å². The van der Waals surface area contributed by atoms with Crippen LogP contribution in [0.25, 0.3) is 0 Å². The van der Waals surface area contributed by atoms with Gasteiger partial charge in [0, 0.05) is 16.1 Å². The first-order chi connectivity index (χ1) is 12.5. The van der Waals surface area contributed by atoms with E-state index in [1.54, 1.807) is 25.3 Å². The number of carbonyl (C=O) groups is 2. The zero-order valence-corrected chi connectivity index (χ0v) is 15.7. The highest BCUT2D eigenvalue weighted by molar-refractivity contribution is 6.30. The highest BCUT2D eigenvalue weighted by atomic mass is 35.5. The Hall–Kier alpha value is -2.33. The van der Waals surface area contributed by atoms with Crippen molar-refractivity contribution in [2.75, 3.05) is 7.11 Å². The Morgan fingerprint density at radius 3 is 2.46 bits per heavy atom. The van der Waals surface area contributed by atoms with Crippen molar-refractivity contribution in [3.05, 3.63) is 64.2 Å². The molecule has 1 fully saturated rings. The van der Waals surface area contributed by atoms with E-state index in [-0.39, 0.29) is 24.2 Å². The Labute approximate surface area is 158 Å². The van der Waals surface area contributed by atoms with Crippen LogP contribution in [-0.2, 0) is 11.2 Å². The van der Waals surface area contributed by atoms with Gasteiger partial charge in [0.25, 0.3) is 0 Å². The van der Waals surface area contributed by atoms with E-state index >= 15 is 0 Å². The lowest BCUT2D eigenvalue weighted by Crippen LogP contribution is -2.31. The highest BCUT2D eigenvalue weighted by Gasteiger charge is 2.33. The molecule has 5 heteroatoms. The van der Waals surface area contributed by atoms with Crippen LogP contribution >= 0.6 is 11.6 Å². The maximum atomic E-state index is 12.7. The van der Waals surface area contributed by atoms with Gasteiger partial charge in [0.2, 0.25) is 5.91 Å². The van der Waals surface area contributed by atoms with Gasteiger partial charge in [-0.25, -0.2) is 0 Å². The van der Waals surface area contributed by atoms with E-state index in [9.17, 15) is 9.59 Å². The minimum Gasteiger partial charge on any atom is -0.496 e. The van der Waals surface area contributed by atoms with Gasteiger partial charge in [0.1, 0.15) is 5.75 Å². The van der Waals surface area contributed by atoms with Gasteiger partial charge < -0.3 is 10.1 Å². The van der Waals surface area contributed by atoms with Crippen LogP contribution in [-0.4, -0.2) is 18.8 Å². The predicted molar refractivity (Wildman–Crippen MR) is 102 cm³/mol. The summed E-state index contributed by atoms with van der Waals surface area (Å²) >= 11 is 5.97. The number of hydrogen-bond acceptors (Lipinski definition) is 3. The lowest BCUT2D eigenvalue weighted by molar-refractivity contribution is -0.121. The molecule has 136 valence electrons. The number of hydrogen-bond donors (Lipinski definition) is 1. The lowest BCUT2D eigenvalue weighted by Gasteiger charge is -2.19. The second kappa shape index (κ2) is 7.92. The summed E-state index contributed by atoms with van der Waals surface area (Å²) in [4.78, 5) is 24.3. The van der Waals surface area contributed by atoms with Crippen molar-refractivity contribution in [1.82, 2.24) is 5.32 Å². The van der Waals surface area contributed by atoms with E-state index in [2.05, 4.69) is 5.32 Å². The topological polar surface area (TPSA) is 55.4 Å². The molecule has 3 rings (SSSR count). The molecule has 1 N–H and O–H groups in total. The van der Waals surface area contributed by atoms with Crippen molar-refractivity contribution in [3.63, 3.8) is 0 Å². The quantitative estimate of drug-likeness (QED) is 0.735. The highest BCUT2D eigenvalue weighted by Crippen LogP contribution is 2.41. The molecule has 0 spiro atoms. The maximum absolute atomic E-state index is 12.7. The van der Waals surface area contributed by atoms with E-state index in [0.717, 1.165) is 18.4 Å². The fraction of sp³-hybridized carbons (Fsp3) is 0.333. The number of amides is 1. The molecule has 2 aromatic rings. The van der Waals surface area contributed by atoms with Crippen molar-refractivity contribution in [3.8, 4) is 5.75 Å². The molecule has 1 aliphatic rings. The number of halogens is 1. The number of rotatable bonds is 7. The van der Waals surface area contributed by atoms with Gasteiger partial charge >= 0.3 is 0 Å². The van der Waals surface area contributed by atoms with Crippen LogP contribution in [0, 0.1) is 5.92 Å². The van der Waals surface area contributed by atoms with Gasteiger partial charge in [-0.05, 0) is 61.6 Å². The van der Waals surface area contributed by atoms with Gasteiger partial charge in [0.05, 0.1) is 19.6 Å². The number of benzene rings is 2. The van der Waals surface area contributed by atoms with Gasteiger partial charge in [-0.2, -0.15) is 0 Å². The molecule has 2 aromatic carbocycles. The largest absolute Gasteiger partial charge is 0.496 e. The third-order valence-corrected chi connectivity index (χ3v) is 4.93. The third kappa shape index (κ3) is 4.44. The van der Waals surface area contributed by atoms with Crippen LogP contribution in [0.2, 0.25) is 5.02 Å². The van der Waals surface area contributed by atoms with E-state index < -0.39 is 0 Å². The van der Waals surface area contributed by atoms with Crippen molar-refractivity contribution >= 4 is 23.3 Å². The minimum atomic E-state index is -0.0872. The molecule has 26 heavy (non-hydrogen) atoms. The van der Waals surface area contributed by atoms with Crippen molar-refractivity contribution in [1.29, 1.82) is 0 Å². The number of ether oxygens (including phenoxy) is 1. The van der Waals surface area contributed by atoms with Crippen LogP contribution < -0.4 is 10.1 Å². The Balaban J connectivity index is 1.76. The Morgan fingerprint density at radius 1 is 1.19 bits per heavy atom. The maximum Gasteiger partial charge on any atom is 0.225 e. The van der Waals surface area contributed by atoms with Gasteiger partial charge in [0.15, 0.2) is 5.78 Å². The number of ketones is 1. The van der Waals surface area contributed by atoms with Gasteiger partial charge in [-0.3, -0.25) is 9.59 Å². The van der Waals surface area contributed by atoms with Crippen molar-refractivity contribution in [2.24, 2.45) is 5.92 Å². The van der Waals surface area contributed by atoms with Crippen LogP contribution in [0.1, 0.15) is 47.3 Å². The Morgan fingerprint density at radius 2 is 1.88 bits per heavy atom. The molecule has 0 aliphatic heterocycles. The molecule has 1 atom stereocenters. The molecule has 0 aromatic heterocycles. The molecule has 4 nitrogen and oxygen atoms in total. The number of carbonyl (C=O) groups excluding carboxylic acids is 2. The minimum absolute atomic E-state index is 0.0123. The average molecular weight is 372 g/mol. The predicted octanol–water partition coefficient (Wildman–Crippen LogP) is 4.36. The first-order valence-electron chi connectivity index (χ1n) is 8.70. The van der Waals surface area contributed by atoms with Crippen LogP contribution in [0.4, 0.5) is 0 Å².